The van der Waals surface area contributed by atoms with Gasteiger partial charge in [0.25, 0.3) is 5.91 Å². The minimum atomic E-state index is -1.33. The predicted octanol–water partition coefficient (Wildman–Crippen LogP) is 1.82. The molecule has 0 radical (unpaired) electrons. The van der Waals surface area contributed by atoms with E-state index in [1.165, 1.54) is 23.1 Å². The van der Waals surface area contributed by atoms with Crippen molar-refractivity contribution in [3.05, 3.63) is 42.5 Å². The predicted molar refractivity (Wildman–Crippen MR) is 79.0 cm³/mol. The zero-order valence-corrected chi connectivity index (χ0v) is 11.9. The maximum absolute atomic E-state index is 13.7. The maximum atomic E-state index is 13.7. The second kappa shape index (κ2) is 5.50. The lowest BCUT2D eigenvalue weighted by molar-refractivity contribution is -0.131. The standard InChI is InChI=1S/C14H14FN3O2S/c15-11-3-1-2-4-12(11)18-8-10(7-16-18)17-13(19)14(20)5-6-21-9-14/h1-4,7-8,20H,5-6,9H2,(H,17,19). The molecule has 0 aliphatic carbocycles. The molecule has 1 amide bonds. The molecule has 0 bridgehead atoms. The van der Waals surface area contributed by atoms with Crippen molar-refractivity contribution >= 4 is 23.4 Å². The Morgan fingerprint density at radius 3 is 3.00 bits per heavy atom. The Morgan fingerprint density at radius 2 is 2.29 bits per heavy atom. The molecular formula is C14H14FN3O2S. The van der Waals surface area contributed by atoms with Crippen LogP contribution in [-0.4, -0.2) is 37.9 Å². The van der Waals surface area contributed by atoms with Gasteiger partial charge >= 0.3 is 0 Å². The van der Waals surface area contributed by atoms with Crippen molar-refractivity contribution in [3.63, 3.8) is 0 Å². The van der Waals surface area contributed by atoms with Gasteiger partial charge in [-0.15, -0.1) is 0 Å². The number of nitrogens with one attached hydrogen (secondary N) is 1. The minimum absolute atomic E-state index is 0.299. The molecule has 1 aromatic heterocycles. The average Bonchev–Trinajstić information content (AvgIpc) is 3.09. The summed E-state index contributed by atoms with van der Waals surface area (Å²) >= 11 is 1.54. The van der Waals surface area contributed by atoms with E-state index in [0.29, 0.717) is 23.5 Å². The summed E-state index contributed by atoms with van der Waals surface area (Å²) in [5.74, 6) is 0.309. The molecule has 1 aromatic carbocycles. The summed E-state index contributed by atoms with van der Waals surface area (Å²) in [7, 11) is 0. The second-order valence-electron chi connectivity index (χ2n) is 4.91. The van der Waals surface area contributed by atoms with Crippen LogP contribution in [0.1, 0.15) is 6.42 Å². The van der Waals surface area contributed by atoms with Crippen LogP contribution < -0.4 is 5.32 Å². The first-order chi connectivity index (χ1) is 10.1. The highest BCUT2D eigenvalue weighted by Gasteiger charge is 2.39. The van der Waals surface area contributed by atoms with E-state index in [2.05, 4.69) is 10.4 Å². The topological polar surface area (TPSA) is 67.2 Å². The highest BCUT2D eigenvalue weighted by Crippen LogP contribution is 2.29. The van der Waals surface area contributed by atoms with Crippen molar-refractivity contribution in [2.24, 2.45) is 0 Å². The number of hydrogen-bond acceptors (Lipinski definition) is 4. The Hall–Kier alpha value is -1.86. The highest BCUT2D eigenvalue weighted by molar-refractivity contribution is 7.99. The number of rotatable bonds is 3. The number of halogens is 1. The number of aliphatic hydroxyl groups is 1. The van der Waals surface area contributed by atoms with Gasteiger partial charge in [0.15, 0.2) is 5.60 Å². The average molecular weight is 307 g/mol. The van der Waals surface area contributed by atoms with E-state index in [-0.39, 0.29) is 0 Å². The van der Waals surface area contributed by atoms with Crippen LogP contribution >= 0.6 is 11.8 Å². The van der Waals surface area contributed by atoms with E-state index < -0.39 is 17.3 Å². The Bertz CT molecular complexity index is 668. The van der Waals surface area contributed by atoms with Gasteiger partial charge in [0.2, 0.25) is 0 Å². The van der Waals surface area contributed by atoms with E-state index in [4.69, 9.17) is 0 Å². The van der Waals surface area contributed by atoms with Gasteiger partial charge in [0, 0.05) is 5.75 Å². The Kier molecular flexibility index (Phi) is 3.69. The van der Waals surface area contributed by atoms with Crippen LogP contribution in [0.3, 0.4) is 0 Å². The zero-order valence-electron chi connectivity index (χ0n) is 11.1. The first kappa shape index (κ1) is 14.1. The lowest BCUT2D eigenvalue weighted by Gasteiger charge is -2.19. The summed E-state index contributed by atoms with van der Waals surface area (Å²) in [6, 6.07) is 6.23. The van der Waals surface area contributed by atoms with E-state index in [0.717, 1.165) is 5.75 Å². The van der Waals surface area contributed by atoms with E-state index in [1.807, 2.05) is 0 Å². The van der Waals surface area contributed by atoms with Gasteiger partial charge in [-0.05, 0) is 24.3 Å². The summed E-state index contributed by atoms with van der Waals surface area (Å²) in [6.07, 6.45) is 3.38. The third-order valence-corrected chi connectivity index (χ3v) is 4.54. The third kappa shape index (κ3) is 2.79. The van der Waals surface area contributed by atoms with Crippen molar-refractivity contribution in [1.82, 2.24) is 9.78 Å². The fourth-order valence-corrected chi connectivity index (χ4v) is 3.38. The van der Waals surface area contributed by atoms with Crippen molar-refractivity contribution in [2.75, 3.05) is 16.8 Å². The minimum Gasteiger partial charge on any atom is -0.379 e. The molecule has 1 fully saturated rings. The molecule has 1 aliphatic rings. The lowest BCUT2D eigenvalue weighted by Crippen LogP contribution is -2.42. The van der Waals surface area contributed by atoms with Gasteiger partial charge in [0.05, 0.1) is 18.1 Å². The molecule has 1 unspecified atom stereocenters. The Balaban J connectivity index is 1.77. The van der Waals surface area contributed by atoms with E-state index in [1.54, 1.807) is 30.0 Å². The number of amides is 1. The van der Waals surface area contributed by atoms with Gasteiger partial charge in [-0.25, -0.2) is 9.07 Å². The normalized spacial score (nSPS) is 21.4. The van der Waals surface area contributed by atoms with Gasteiger partial charge in [-0.3, -0.25) is 4.79 Å². The third-order valence-electron chi connectivity index (χ3n) is 3.36. The summed E-state index contributed by atoms with van der Waals surface area (Å²) in [4.78, 5) is 12.1. The number of carbonyl (C=O) groups is 1. The van der Waals surface area contributed by atoms with Crippen LogP contribution in [0.25, 0.3) is 5.69 Å². The molecule has 0 spiro atoms. The Labute approximate surface area is 125 Å². The molecule has 21 heavy (non-hydrogen) atoms. The highest BCUT2D eigenvalue weighted by atomic mass is 32.2. The van der Waals surface area contributed by atoms with Crippen LogP contribution in [0.15, 0.2) is 36.7 Å². The Morgan fingerprint density at radius 1 is 1.48 bits per heavy atom. The second-order valence-corrected chi connectivity index (χ2v) is 6.02. The molecule has 2 aromatic rings. The summed E-state index contributed by atoms with van der Waals surface area (Å²) < 4.78 is 15.0. The van der Waals surface area contributed by atoms with Crippen molar-refractivity contribution in [2.45, 2.75) is 12.0 Å². The molecule has 7 heteroatoms. The number of para-hydroxylation sites is 1. The van der Waals surface area contributed by atoms with Gasteiger partial charge in [-0.2, -0.15) is 16.9 Å². The van der Waals surface area contributed by atoms with Crippen LogP contribution in [0.4, 0.5) is 10.1 Å². The number of nitrogens with zero attached hydrogens (tertiary/aromatic N) is 2. The zero-order chi connectivity index (χ0) is 14.9. The molecule has 3 rings (SSSR count). The molecule has 0 saturated carbocycles. The first-order valence-corrected chi connectivity index (χ1v) is 7.65. The summed E-state index contributed by atoms with van der Waals surface area (Å²) in [5.41, 5.74) is -0.605. The maximum Gasteiger partial charge on any atom is 0.257 e. The molecule has 110 valence electrons. The van der Waals surface area contributed by atoms with Gasteiger partial charge in [-0.1, -0.05) is 12.1 Å². The van der Waals surface area contributed by atoms with Gasteiger partial charge in [0.1, 0.15) is 11.5 Å². The van der Waals surface area contributed by atoms with Crippen LogP contribution in [0, 0.1) is 5.82 Å². The first-order valence-electron chi connectivity index (χ1n) is 6.50. The molecule has 2 N–H and O–H groups in total. The molecule has 1 saturated heterocycles. The fourth-order valence-electron chi connectivity index (χ4n) is 2.14. The fraction of sp³-hybridized carbons (Fsp3) is 0.286. The summed E-state index contributed by atoms with van der Waals surface area (Å²) in [5, 5.41) is 16.8. The van der Waals surface area contributed by atoms with Crippen LogP contribution in [0.5, 0.6) is 0 Å². The number of benzene rings is 1. The monoisotopic (exact) mass is 307 g/mol. The smallest absolute Gasteiger partial charge is 0.257 e. The van der Waals surface area contributed by atoms with Crippen LogP contribution in [-0.2, 0) is 4.79 Å². The van der Waals surface area contributed by atoms with Crippen LogP contribution in [0.2, 0.25) is 0 Å². The van der Waals surface area contributed by atoms with Crippen molar-refractivity contribution < 1.29 is 14.3 Å². The summed E-state index contributed by atoms with van der Waals surface area (Å²) in [6.45, 7) is 0. The number of aromatic nitrogens is 2. The molecule has 5 nitrogen and oxygen atoms in total. The number of carbonyl (C=O) groups excluding carboxylic acids is 1. The number of thioether (sulfide) groups is 1. The molecule has 2 heterocycles. The van der Waals surface area contributed by atoms with Crippen molar-refractivity contribution in [1.29, 1.82) is 0 Å². The van der Waals surface area contributed by atoms with E-state index >= 15 is 0 Å². The van der Waals surface area contributed by atoms with E-state index in [9.17, 15) is 14.3 Å². The molecule has 1 aliphatic heterocycles. The quantitative estimate of drug-likeness (QED) is 0.907. The molecular weight excluding hydrogens is 293 g/mol. The lowest BCUT2D eigenvalue weighted by atomic mass is 10.0. The number of hydrogen-bond donors (Lipinski definition) is 2. The largest absolute Gasteiger partial charge is 0.379 e. The van der Waals surface area contributed by atoms with Crippen molar-refractivity contribution in [3.8, 4) is 5.69 Å². The van der Waals surface area contributed by atoms with Gasteiger partial charge < -0.3 is 10.4 Å². The SMILES string of the molecule is O=C(Nc1cnn(-c2ccccc2F)c1)C1(O)CCSC1. The molecule has 1 atom stereocenters. The number of anilines is 1.